The number of nitrogens with one attached hydrogen (secondary N) is 1. The van der Waals surface area contributed by atoms with Crippen LogP contribution in [0, 0.1) is 5.92 Å². The molecule has 0 spiro atoms. The van der Waals surface area contributed by atoms with Gasteiger partial charge in [0.1, 0.15) is 0 Å². The third-order valence-electron chi connectivity index (χ3n) is 4.23. The molecule has 1 saturated carbocycles. The van der Waals surface area contributed by atoms with Crippen LogP contribution in [0.3, 0.4) is 0 Å². The molecule has 2 fully saturated rings. The zero-order valence-electron chi connectivity index (χ0n) is 11.2. The van der Waals surface area contributed by atoms with Gasteiger partial charge in [0.05, 0.1) is 6.10 Å². The molecule has 18 heavy (non-hydrogen) atoms. The highest BCUT2D eigenvalue weighted by Crippen LogP contribution is 2.28. The molecule has 0 radical (unpaired) electrons. The third-order valence-corrected chi connectivity index (χ3v) is 4.23. The van der Waals surface area contributed by atoms with Crippen LogP contribution < -0.4 is 5.32 Å². The van der Waals surface area contributed by atoms with E-state index in [0.29, 0.717) is 5.92 Å². The Labute approximate surface area is 110 Å². The van der Waals surface area contributed by atoms with Crippen LogP contribution in [0.1, 0.15) is 44.9 Å². The first kappa shape index (κ1) is 13.8. The van der Waals surface area contributed by atoms with E-state index in [4.69, 9.17) is 0 Å². The van der Waals surface area contributed by atoms with E-state index < -0.39 is 0 Å². The zero-order chi connectivity index (χ0) is 12.8. The molecule has 0 unspecified atom stereocenters. The lowest BCUT2D eigenvalue weighted by molar-refractivity contribution is -0.122. The molecule has 1 saturated heterocycles. The van der Waals surface area contributed by atoms with Gasteiger partial charge >= 0.3 is 0 Å². The van der Waals surface area contributed by atoms with Crippen LogP contribution in [0.15, 0.2) is 0 Å². The molecule has 1 aliphatic carbocycles. The molecule has 2 aliphatic rings. The normalized spacial score (nSPS) is 22.7. The topological polar surface area (TPSA) is 52.6 Å². The minimum atomic E-state index is -0.0940. The van der Waals surface area contributed by atoms with Crippen LogP contribution in [0.25, 0.3) is 0 Å². The van der Waals surface area contributed by atoms with Gasteiger partial charge in [-0.2, -0.15) is 0 Å². The van der Waals surface area contributed by atoms with Gasteiger partial charge in [0.15, 0.2) is 0 Å². The fourth-order valence-corrected chi connectivity index (χ4v) is 2.70. The maximum Gasteiger partial charge on any atom is 0.220 e. The van der Waals surface area contributed by atoms with Crippen molar-refractivity contribution in [1.29, 1.82) is 0 Å². The lowest BCUT2D eigenvalue weighted by Crippen LogP contribution is -2.37. The van der Waals surface area contributed by atoms with Crippen molar-refractivity contribution < 1.29 is 9.90 Å². The van der Waals surface area contributed by atoms with Crippen LogP contribution in [0.4, 0.5) is 0 Å². The number of aliphatic hydroxyl groups excluding tert-OH is 1. The highest BCUT2D eigenvalue weighted by molar-refractivity contribution is 5.76. The number of hydrogen-bond acceptors (Lipinski definition) is 3. The van der Waals surface area contributed by atoms with Gasteiger partial charge in [-0.1, -0.05) is 6.42 Å². The second kappa shape index (κ2) is 7.10. The summed E-state index contributed by atoms with van der Waals surface area (Å²) < 4.78 is 0. The predicted molar refractivity (Wildman–Crippen MR) is 71.3 cm³/mol. The minimum Gasteiger partial charge on any atom is -0.393 e. The highest BCUT2D eigenvalue weighted by Gasteiger charge is 2.20. The Kier molecular flexibility index (Phi) is 5.45. The van der Waals surface area contributed by atoms with Crippen molar-refractivity contribution >= 4 is 5.91 Å². The van der Waals surface area contributed by atoms with Crippen LogP contribution in [0.2, 0.25) is 0 Å². The lowest BCUT2D eigenvalue weighted by atomic mass is 9.83. The molecule has 2 N–H and O–H groups in total. The first-order valence-electron chi connectivity index (χ1n) is 7.41. The van der Waals surface area contributed by atoms with E-state index in [0.717, 1.165) is 51.9 Å². The Hall–Kier alpha value is -0.610. The van der Waals surface area contributed by atoms with Crippen LogP contribution in [-0.4, -0.2) is 48.2 Å². The Morgan fingerprint density at radius 1 is 1.22 bits per heavy atom. The molecular formula is C14H26N2O2. The molecule has 4 nitrogen and oxygen atoms in total. The number of aliphatic hydroxyl groups is 1. The molecule has 104 valence electrons. The molecule has 1 aliphatic heterocycles. The second-order valence-corrected chi connectivity index (χ2v) is 5.78. The van der Waals surface area contributed by atoms with Gasteiger partial charge in [-0.15, -0.1) is 0 Å². The van der Waals surface area contributed by atoms with E-state index in [2.05, 4.69) is 10.2 Å². The van der Waals surface area contributed by atoms with Gasteiger partial charge in [-0.05, 0) is 44.6 Å². The van der Waals surface area contributed by atoms with E-state index >= 15 is 0 Å². The predicted octanol–water partition coefficient (Wildman–Crippen LogP) is 1.14. The number of nitrogens with zero attached hydrogens (tertiary/aromatic N) is 1. The Morgan fingerprint density at radius 3 is 2.56 bits per heavy atom. The van der Waals surface area contributed by atoms with Gasteiger partial charge in [-0.3, -0.25) is 4.79 Å². The maximum absolute atomic E-state index is 11.6. The molecule has 2 rings (SSSR count). The summed E-state index contributed by atoms with van der Waals surface area (Å²) in [6, 6.07) is 0. The SMILES string of the molecule is O=C(CC1CCC1)NCCCN1CCC(O)CC1. The van der Waals surface area contributed by atoms with Crippen LogP contribution >= 0.6 is 0 Å². The number of carbonyl (C=O) groups excluding carboxylic acids is 1. The van der Waals surface area contributed by atoms with Crippen molar-refractivity contribution in [3.8, 4) is 0 Å². The molecule has 1 amide bonds. The fraction of sp³-hybridized carbons (Fsp3) is 0.929. The van der Waals surface area contributed by atoms with E-state index in [-0.39, 0.29) is 12.0 Å². The Balaban J connectivity index is 1.46. The standard InChI is InChI=1S/C14H26N2O2/c17-13-5-9-16(10-6-13)8-2-7-15-14(18)11-12-3-1-4-12/h12-13,17H,1-11H2,(H,15,18). The summed E-state index contributed by atoms with van der Waals surface area (Å²) in [5.74, 6) is 0.891. The summed E-state index contributed by atoms with van der Waals surface area (Å²) in [5.41, 5.74) is 0. The summed E-state index contributed by atoms with van der Waals surface area (Å²) in [6.45, 7) is 3.83. The highest BCUT2D eigenvalue weighted by atomic mass is 16.3. The van der Waals surface area contributed by atoms with Gasteiger partial charge in [0, 0.05) is 26.1 Å². The average Bonchev–Trinajstić information content (AvgIpc) is 2.32. The average molecular weight is 254 g/mol. The fourth-order valence-electron chi connectivity index (χ4n) is 2.70. The Morgan fingerprint density at radius 2 is 1.94 bits per heavy atom. The van der Waals surface area contributed by atoms with E-state index in [9.17, 15) is 9.90 Å². The van der Waals surface area contributed by atoms with Gasteiger partial charge in [0.2, 0.25) is 5.91 Å². The van der Waals surface area contributed by atoms with Crippen molar-refractivity contribution in [2.75, 3.05) is 26.2 Å². The molecule has 0 aromatic carbocycles. The van der Waals surface area contributed by atoms with Crippen molar-refractivity contribution in [3.05, 3.63) is 0 Å². The van der Waals surface area contributed by atoms with Crippen LogP contribution in [0.5, 0.6) is 0 Å². The van der Waals surface area contributed by atoms with Crippen molar-refractivity contribution in [3.63, 3.8) is 0 Å². The summed E-state index contributed by atoms with van der Waals surface area (Å²) in [5, 5.41) is 12.4. The molecule has 0 aromatic heterocycles. The van der Waals surface area contributed by atoms with Gasteiger partial charge in [-0.25, -0.2) is 0 Å². The summed E-state index contributed by atoms with van der Waals surface area (Å²) in [7, 11) is 0. The summed E-state index contributed by atoms with van der Waals surface area (Å²) in [4.78, 5) is 14.0. The lowest BCUT2D eigenvalue weighted by Gasteiger charge is -2.29. The van der Waals surface area contributed by atoms with Gasteiger partial charge < -0.3 is 15.3 Å². The number of carbonyl (C=O) groups is 1. The quantitative estimate of drug-likeness (QED) is 0.699. The molecule has 0 bridgehead atoms. The van der Waals surface area contributed by atoms with Gasteiger partial charge in [0.25, 0.3) is 0 Å². The summed E-state index contributed by atoms with van der Waals surface area (Å²) in [6.07, 6.45) is 7.24. The first-order chi connectivity index (χ1) is 8.74. The molecular weight excluding hydrogens is 228 g/mol. The second-order valence-electron chi connectivity index (χ2n) is 5.78. The number of hydrogen-bond donors (Lipinski definition) is 2. The number of likely N-dealkylation sites (tertiary alicyclic amines) is 1. The van der Waals surface area contributed by atoms with E-state index in [1.807, 2.05) is 0 Å². The molecule has 4 heteroatoms. The number of rotatable bonds is 6. The van der Waals surface area contributed by atoms with Crippen molar-refractivity contribution in [2.24, 2.45) is 5.92 Å². The van der Waals surface area contributed by atoms with E-state index in [1.54, 1.807) is 0 Å². The smallest absolute Gasteiger partial charge is 0.220 e. The first-order valence-corrected chi connectivity index (χ1v) is 7.41. The van der Waals surface area contributed by atoms with Crippen molar-refractivity contribution in [1.82, 2.24) is 10.2 Å². The van der Waals surface area contributed by atoms with Crippen molar-refractivity contribution in [2.45, 2.75) is 51.0 Å². The maximum atomic E-state index is 11.6. The van der Waals surface area contributed by atoms with Crippen LogP contribution in [-0.2, 0) is 4.79 Å². The van der Waals surface area contributed by atoms with E-state index in [1.165, 1.54) is 19.3 Å². The number of piperidine rings is 1. The molecule has 0 aromatic rings. The molecule has 1 heterocycles. The monoisotopic (exact) mass is 254 g/mol. The zero-order valence-corrected chi connectivity index (χ0v) is 11.2. The number of amides is 1. The Bertz CT molecular complexity index is 259. The third kappa shape index (κ3) is 4.58. The minimum absolute atomic E-state index is 0.0940. The molecule has 0 atom stereocenters. The largest absolute Gasteiger partial charge is 0.393 e. The summed E-state index contributed by atoms with van der Waals surface area (Å²) >= 11 is 0.